The number of nitrogens with zero attached hydrogens (tertiary/aromatic N) is 3. The SMILES string of the molecule is CC1(C(=O)NC2CCN(Cc3cccnc3)CC2)CC(c2ccccc2Cl)=NO1. The number of rotatable bonds is 5. The molecule has 1 unspecified atom stereocenters. The summed E-state index contributed by atoms with van der Waals surface area (Å²) in [6.45, 7) is 4.56. The molecule has 4 rings (SSSR count). The number of aromatic nitrogens is 1. The van der Waals surface area contributed by atoms with Gasteiger partial charge in [-0.2, -0.15) is 0 Å². The molecule has 1 saturated heterocycles. The van der Waals surface area contributed by atoms with Crippen LogP contribution in [0.15, 0.2) is 53.9 Å². The van der Waals surface area contributed by atoms with Gasteiger partial charge >= 0.3 is 0 Å². The van der Waals surface area contributed by atoms with E-state index in [9.17, 15) is 4.79 Å². The molecule has 0 bridgehead atoms. The zero-order chi connectivity index (χ0) is 20.3. The van der Waals surface area contributed by atoms with Crippen molar-refractivity contribution in [1.29, 1.82) is 0 Å². The Balaban J connectivity index is 1.29. The molecule has 0 aliphatic carbocycles. The molecule has 0 spiro atoms. The molecular weight excluding hydrogens is 388 g/mol. The van der Waals surface area contributed by atoms with Crippen molar-refractivity contribution in [3.8, 4) is 0 Å². The van der Waals surface area contributed by atoms with Crippen LogP contribution in [0.5, 0.6) is 0 Å². The number of hydrogen-bond donors (Lipinski definition) is 1. The standard InChI is InChI=1S/C22H25ClN4O2/c1-22(13-20(26-29-22)18-6-2-3-7-19(18)23)21(28)25-17-8-11-27(12-9-17)15-16-5-4-10-24-14-16/h2-7,10,14,17H,8-9,11-13,15H2,1H3,(H,25,28). The first kappa shape index (κ1) is 19.9. The van der Waals surface area contributed by atoms with Gasteiger partial charge in [-0.25, -0.2) is 0 Å². The van der Waals surface area contributed by atoms with Crippen molar-refractivity contribution in [2.75, 3.05) is 13.1 Å². The van der Waals surface area contributed by atoms with E-state index in [1.165, 1.54) is 5.56 Å². The van der Waals surface area contributed by atoms with Crippen LogP contribution in [-0.4, -0.2) is 46.2 Å². The number of carbonyl (C=O) groups is 1. The van der Waals surface area contributed by atoms with E-state index in [-0.39, 0.29) is 11.9 Å². The lowest BCUT2D eigenvalue weighted by Crippen LogP contribution is -2.51. The predicted molar refractivity (Wildman–Crippen MR) is 113 cm³/mol. The van der Waals surface area contributed by atoms with E-state index in [1.807, 2.05) is 36.5 Å². The number of carbonyl (C=O) groups excluding carboxylic acids is 1. The van der Waals surface area contributed by atoms with Crippen molar-refractivity contribution in [3.63, 3.8) is 0 Å². The maximum Gasteiger partial charge on any atom is 0.267 e. The lowest BCUT2D eigenvalue weighted by molar-refractivity contribution is -0.142. The number of likely N-dealkylation sites (tertiary alicyclic amines) is 1. The number of oxime groups is 1. The molecule has 0 saturated carbocycles. The number of halogens is 1. The summed E-state index contributed by atoms with van der Waals surface area (Å²) in [6.07, 6.45) is 5.93. The minimum Gasteiger partial charge on any atom is -0.379 e. The van der Waals surface area contributed by atoms with E-state index in [2.05, 4.69) is 26.4 Å². The summed E-state index contributed by atoms with van der Waals surface area (Å²) in [4.78, 5) is 25.0. The molecule has 3 heterocycles. The van der Waals surface area contributed by atoms with Gasteiger partial charge in [0.15, 0.2) is 0 Å². The molecule has 2 aliphatic rings. The number of nitrogens with one attached hydrogen (secondary N) is 1. The highest BCUT2D eigenvalue weighted by atomic mass is 35.5. The summed E-state index contributed by atoms with van der Waals surface area (Å²) in [7, 11) is 0. The van der Waals surface area contributed by atoms with Gasteiger partial charge in [-0.3, -0.25) is 14.7 Å². The third-order valence-corrected chi connectivity index (χ3v) is 5.91. The van der Waals surface area contributed by atoms with Crippen molar-refractivity contribution < 1.29 is 9.63 Å². The van der Waals surface area contributed by atoms with Crippen LogP contribution >= 0.6 is 11.6 Å². The van der Waals surface area contributed by atoms with Gasteiger partial charge in [-0.1, -0.05) is 41.0 Å². The van der Waals surface area contributed by atoms with E-state index in [4.69, 9.17) is 16.4 Å². The number of pyridine rings is 1. The Morgan fingerprint density at radius 1 is 1.28 bits per heavy atom. The van der Waals surface area contributed by atoms with Crippen molar-refractivity contribution >= 4 is 23.2 Å². The molecule has 1 atom stereocenters. The first-order chi connectivity index (χ1) is 14.0. The van der Waals surface area contributed by atoms with E-state index in [0.29, 0.717) is 17.2 Å². The molecule has 29 heavy (non-hydrogen) atoms. The van der Waals surface area contributed by atoms with Gasteiger partial charge in [-0.05, 0) is 37.5 Å². The monoisotopic (exact) mass is 412 g/mol. The van der Waals surface area contributed by atoms with Gasteiger partial charge in [-0.15, -0.1) is 0 Å². The predicted octanol–water partition coefficient (Wildman–Crippen LogP) is 3.40. The minimum atomic E-state index is -0.999. The highest BCUT2D eigenvalue weighted by Crippen LogP contribution is 2.30. The molecule has 2 aliphatic heterocycles. The first-order valence-corrected chi connectivity index (χ1v) is 10.3. The third kappa shape index (κ3) is 4.60. The Bertz CT molecular complexity index is 897. The van der Waals surface area contributed by atoms with Crippen molar-refractivity contribution in [3.05, 3.63) is 64.9 Å². The van der Waals surface area contributed by atoms with Crippen LogP contribution in [0.4, 0.5) is 0 Å². The summed E-state index contributed by atoms with van der Waals surface area (Å²) in [5, 5.41) is 7.92. The van der Waals surface area contributed by atoms with Crippen LogP contribution < -0.4 is 5.32 Å². The highest BCUT2D eigenvalue weighted by Gasteiger charge is 2.43. The molecule has 1 aromatic heterocycles. The topological polar surface area (TPSA) is 66.8 Å². The first-order valence-electron chi connectivity index (χ1n) is 9.96. The Morgan fingerprint density at radius 3 is 2.79 bits per heavy atom. The average Bonchev–Trinajstić information content (AvgIpc) is 3.14. The minimum absolute atomic E-state index is 0.117. The molecule has 1 fully saturated rings. The second kappa shape index (κ2) is 8.51. The zero-order valence-electron chi connectivity index (χ0n) is 16.5. The summed E-state index contributed by atoms with van der Waals surface area (Å²) < 4.78 is 0. The second-order valence-corrected chi connectivity index (χ2v) is 8.31. The van der Waals surface area contributed by atoms with Crippen LogP contribution in [0, 0.1) is 0 Å². The average molecular weight is 413 g/mol. The lowest BCUT2D eigenvalue weighted by Gasteiger charge is -2.33. The van der Waals surface area contributed by atoms with E-state index in [1.54, 1.807) is 13.1 Å². The normalized spacial score (nSPS) is 22.8. The smallest absolute Gasteiger partial charge is 0.267 e. The van der Waals surface area contributed by atoms with Crippen molar-refractivity contribution in [1.82, 2.24) is 15.2 Å². The largest absolute Gasteiger partial charge is 0.379 e. The van der Waals surface area contributed by atoms with Gasteiger partial charge in [0.05, 0.1) is 5.71 Å². The van der Waals surface area contributed by atoms with E-state index >= 15 is 0 Å². The number of amides is 1. The molecule has 0 radical (unpaired) electrons. The highest BCUT2D eigenvalue weighted by molar-refractivity contribution is 6.34. The molecule has 7 heteroatoms. The molecule has 1 aromatic carbocycles. The quantitative estimate of drug-likeness (QED) is 0.817. The number of benzene rings is 1. The summed E-state index contributed by atoms with van der Waals surface area (Å²) in [6, 6.07) is 11.7. The van der Waals surface area contributed by atoms with Crippen molar-refractivity contribution in [2.24, 2.45) is 5.16 Å². The second-order valence-electron chi connectivity index (χ2n) is 7.90. The Morgan fingerprint density at radius 2 is 2.07 bits per heavy atom. The zero-order valence-corrected chi connectivity index (χ0v) is 17.2. The van der Waals surface area contributed by atoms with Crippen LogP contribution in [0.3, 0.4) is 0 Å². The summed E-state index contributed by atoms with van der Waals surface area (Å²) in [5.41, 5.74) is 1.74. The Kier molecular flexibility index (Phi) is 5.83. The van der Waals surface area contributed by atoms with Gasteiger partial charge in [0, 0.05) is 55.1 Å². The number of hydrogen-bond acceptors (Lipinski definition) is 5. The van der Waals surface area contributed by atoms with E-state index < -0.39 is 5.60 Å². The maximum atomic E-state index is 12.9. The van der Waals surface area contributed by atoms with E-state index in [0.717, 1.165) is 38.0 Å². The van der Waals surface area contributed by atoms with Crippen LogP contribution in [0.25, 0.3) is 0 Å². The molecule has 6 nitrogen and oxygen atoms in total. The van der Waals surface area contributed by atoms with Crippen LogP contribution in [0.1, 0.15) is 37.3 Å². The fourth-order valence-corrected chi connectivity index (χ4v) is 4.07. The van der Waals surface area contributed by atoms with Crippen molar-refractivity contribution in [2.45, 2.75) is 44.4 Å². The van der Waals surface area contributed by atoms with Crippen LogP contribution in [0.2, 0.25) is 5.02 Å². The molecule has 1 N–H and O–H groups in total. The summed E-state index contributed by atoms with van der Waals surface area (Å²) in [5.74, 6) is -0.117. The lowest BCUT2D eigenvalue weighted by atomic mass is 9.94. The Labute approximate surface area is 175 Å². The Hall–Kier alpha value is -2.44. The van der Waals surface area contributed by atoms with Gasteiger partial charge < -0.3 is 10.2 Å². The van der Waals surface area contributed by atoms with Gasteiger partial charge in [0.1, 0.15) is 0 Å². The van der Waals surface area contributed by atoms with Gasteiger partial charge in [0.2, 0.25) is 5.60 Å². The summed E-state index contributed by atoms with van der Waals surface area (Å²) >= 11 is 6.26. The fraction of sp³-hybridized carbons (Fsp3) is 0.409. The molecule has 2 aromatic rings. The van der Waals surface area contributed by atoms with Gasteiger partial charge in [0.25, 0.3) is 5.91 Å². The molecule has 152 valence electrons. The third-order valence-electron chi connectivity index (χ3n) is 5.58. The van der Waals surface area contributed by atoms with Crippen LogP contribution in [-0.2, 0) is 16.2 Å². The maximum absolute atomic E-state index is 12.9. The fourth-order valence-electron chi connectivity index (χ4n) is 3.82. The molecular formula is C22H25ClN4O2. The number of piperidine rings is 1. The molecule has 1 amide bonds.